The Hall–Kier alpha value is -1.53. The summed E-state index contributed by atoms with van der Waals surface area (Å²) in [7, 11) is 0. The second-order valence-corrected chi connectivity index (χ2v) is 7.61. The fourth-order valence-electron chi connectivity index (χ4n) is 2.49. The summed E-state index contributed by atoms with van der Waals surface area (Å²) < 4.78 is 1.68. The fourth-order valence-corrected chi connectivity index (χ4v) is 3.50. The number of fused-ring (bicyclic) bond motifs is 1. The molecule has 0 aliphatic rings. The SMILES string of the molecule is CCCCCn1c(SCC(=O)NC(C)C)nc2cc(Cl)ccc2c1=O. The fraction of sp³-hybridized carbons (Fsp3) is 0.500. The minimum Gasteiger partial charge on any atom is -0.353 e. The molecule has 1 aromatic carbocycles. The summed E-state index contributed by atoms with van der Waals surface area (Å²) in [4.78, 5) is 29.4. The van der Waals surface area contributed by atoms with Gasteiger partial charge in [-0.1, -0.05) is 43.1 Å². The Labute approximate surface area is 157 Å². The van der Waals surface area contributed by atoms with Gasteiger partial charge in [-0.15, -0.1) is 0 Å². The third kappa shape index (κ3) is 5.47. The highest BCUT2D eigenvalue weighted by Gasteiger charge is 2.14. The first-order valence-electron chi connectivity index (χ1n) is 8.54. The summed E-state index contributed by atoms with van der Waals surface area (Å²) in [6.07, 6.45) is 3.02. The van der Waals surface area contributed by atoms with Crippen LogP contribution in [0.5, 0.6) is 0 Å². The standard InChI is InChI=1S/C18H24ClN3O2S/c1-4-5-6-9-22-17(24)14-8-7-13(19)10-15(14)21-18(22)25-11-16(23)20-12(2)3/h7-8,10,12H,4-6,9,11H2,1-3H3,(H,20,23). The predicted octanol–water partition coefficient (Wildman–Crippen LogP) is 3.86. The maximum Gasteiger partial charge on any atom is 0.262 e. The third-order valence-corrected chi connectivity index (χ3v) is 4.86. The van der Waals surface area contributed by atoms with Gasteiger partial charge in [-0.25, -0.2) is 4.98 Å². The van der Waals surface area contributed by atoms with Crippen molar-refractivity contribution in [2.75, 3.05) is 5.75 Å². The lowest BCUT2D eigenvalue weighted by molar-refractivity contribution is -0.119. The van der Waals surface area contributed by atoms with Crippen LogP contribution in [-0.4, -0.2) is 27.3 Å². The van der Waals surface area contributed by atoms with Crippen molar-refractivity contribution in [1.82, 2.24) is 14.9 Å². The maximum atomic E-state index is 12.8. The molecule has 1 heterocycles. The first-order chi connectivity index (χ1) is 11.9. The smallest absolute Gasteiger partial charge is 0.262 e. The highest BCUT2D eigenvalue weighted by atomic mass is 35.5. The summed E-state index contributed by atoms with van der Waals surface area (Å²) in [6, 6.07) is 5.19. The third-order valence-electron chi connectivity index (χ3n) is 3.65. The van der Waals surface area contributed by atoms with Crippen molar-refractivity contribution in [3.05, 3.63) is 33.6 Å². The summed E-state index contributed by atoms with van der Waals surface area (Å²) in [5.74, 6) is 0.158. The van der Waals surface area contributed by atoms with E-state index in [0.717, 1.165) is 19.3 Å². The summed E-state index contributed by atoms with van der Waals surface area (Å²) in [6.45, 7) is 6.56. The molecule has 0 radical (unpaired) electrons. The van der Waals surface area contributed by atoms with Crippen molar-refractivity contribution < 1.29 is 4.79 Å². The molecule has 1 aromatic heterocycles. The molecule has 136 valence electrons. The zero-order valence-corrected chi connectivity index (χ0v) is 16.4. The lowest BCUT2D eigenvalue weighted by Crippen LogP contribution is -2.32. The Morgan fingerprint density at radius 1 is 1.36 bits per heavy atom. The van der Waals surface area contributed by atoms with E-state index >= 15 is 0 Å². The molecule has 7 heteroatoms. The van der Waals surface area contributed by atoms with Crippen molar-refractivity contribution in [2.24, 2.45) is 0 Å². The lowest BCUT2D eigenvalue weighted by atomic mass is 10.2. The number of amides is 1. The number of thioether (sulfide) groups is 1. The Morgan fingerprint density at radius 3 is 2.80 bits per heavy atom. The van der Waals surface area contributed by atoms with Gasteiger partial charge in [0.15, 0.2) is 5.16 Å². The molecule has 0 unspecified atom stereocenters. The monoisotopic (exact) mass is 381 g/mol. The van der Waals surface area contributed by atoms with Crippen LogP contribution in [0.15, 0.2) is 28.2 Å². The molecule has 0 atom stereocenters. The average Bonchev–Trinajstić information content (AvgIpc) is 2.54. The maximum absolute atomic E-state index is 12.8. The van der Waals surface area contributed by atoms with Gasteiger partial charge in [0.05, 0.1) is 16.7 Å². The number of nitrogens with zero attached hydrogens (tertiary/aromatic N) is 2. The van der Waals surface area contributed by atoms with E-state index in [0.29, 0.717) is 27.6 Å². The quantitative estimate of drug-likeness (QED) is 0.428. The van der Waals surface area contributed by atoms with Crippen LogP contribution in [0.1, 0.15) is 40.0 Å². The minimum absolute atomic E-state index is 0.0689. The number of nitrogens with one attached hydrogen (secondary N) is 1. The number of hydrogen-bond acceptors (Lipinski definition) is 4. The molecular weight excluding hydrogens is 358 g/mol. The lowest BCUT2D eigenvalue weighted by Gasteiger charge is -2.13. The van der Waals surface area contributed by atoms with Crippen LogP contribution in [0.2, 0.25) is 5.02 Å². The largest absolute Gasteiger partial charge is 0.353 e. The van der Waals surface area contributed by atoms with Crippen LogP contribution in [-0.2, 0) is 11.3 Å². The van der Waals surface area contributed by atoms with Gasteiger partial charge in [-0.05, 0) is 38.5 Å². The molecule has 0 fully saturated rings. The zero-order chi connectivity index (χ0) is 18.4. The summed E-state index contributed by atoms with van der Waals surface area (Å²) in [5, 5.41) is 4.51. The summed E-state index contributed by atoms with van der Waals surface area (Å²) >= 11 is 7.32. The van der Waals surface area contributed by atoms with E-state index < -0.39 is 0 Å². The van der Waals surface area contributed by atoms with Gasteiger partial charge in [-0.2, -0.15) is 0 Å². The highest BCUT2D eigenvalue weighted by Crippen LogP contribution is 2.21. The number of aromatic nitrogens is 2. The molecule has 25 heavy (non-hydrogen) atoms. The molecule has 0 bridgehead atoms. The second-order valence-electron chi connectivity index (χ2n) is 6.23. The van der Waals surface area contributed by atoms with E-state index in [1.807, 2.05) is 13.8 Å². The average molecular weight is 382 g/mol. The topological polar surface area (TPSA) is 64.0 Å². The van der Waals surface area contributed by atoms with E-state index in [4.69, 9.17) is 11.6 Å². The molecule has 5 nitrogen and oxygen atoms in total. The van der Waals surface area contributed by atoms with Crippen molar-refractivity contribution in [3.8, 4) is 0 Å². The molecule has 2 rings (SSSR count). The van der Waals surface area contributed by atoms with E-state index in [9.17, 15) is 9.59 Å². The second kappa shape index (κ2) is 9.25. The molecule has 0 aliphatic carbocycles. The van der Waals surface area contributed by atoms with Gasteiger partial charge in [0, 0.05) is 17.6 Å². The Morgan fingerprint density at radius 2 is 2.12 bits per heavy atom. The summed E-state index contributed by atoms with van der Waals surface area (Å²) in [5.41, 5.74) is 0.487. The molecule has 0 saturated carbocycles. The number of halogens is 1. The van der Waals surface area contributed by atoms with Gasteiger partial charge in [0.1, 0.15) is 0 Å². The van der Waals surface area contributed by atoms with Gasteiger partial charge < -0.3 is 5.32 Å². The molecule has 1 amide bonds. The van der Waals surface area contributed by atoms with Crippen LogP contribution >= 0.6 is 23.4 Å². The normalized spacial score (nSPS) is 11.2. The van der Waals surface area contributed by atoms with Crippen molar-refractivity contribution >= 4 is 40.2 Å². The van der Waals surface area contributed by atoms with Crippen LogP contribution < -0.4 is 10.9 Å². The molecule has 0 spiro atoms. The first kappa shape index (κ1) is 19.8. The Bertz CT molecular complexity index is 805. The predicted molar refractivity (Wildman–Crippen MR) is 105 cm³/mol. The van der Waals surface area contributed by atoms with Crippen LogP contribution in [0, 0.1) is 0 Å². The highest BCUT2D eigenvalue weighted by molar-refractivity contribution is 7.99. The van der Waals surface area contributed by atoms with Crippen molar-refractivity contribution in [2.45, 2.75) is 57.8 Å². The van der Waals surface area contributed by atoms with Crippen LogP contribution in [0.3, 0.4) is 0 Å². The Balaban J connectivity index is 2.34. The number of rotatable bonds is 8. The van der Waals surface area contributed by atoms with Crippen LogP contribution in [0.4, 0.5) is 0 Å². The number of unbranched alkanes of at least 4 members (excludes halogenated alkanes) is 2. The zero-order valence-electron chi connectivity index (χ0n) is 14.8. The van der Waals surface area contributed by atoms with Gasteiger partial charge in [0.25, 0.3) is 5.56 Å². The van der Waals surface area contributed by atoms with Crippen LogP contribution in [0.25, 0.3) is 10.9 Å². The molecule has 0 saturated heterocycles. The van der Waals surface area contributed by atoms with Gasteiger partial charge in [-0.3, -0.25) is 14.2 Å². The van der Waals surface area contributed by atoms with Gasteiger partial charge in [0.2, 0.25) is 5.91 Å². The van der Waals surface area contributed by atoms with E-state index in [1.165, 1.54) is 11.8 Å². The van der Waals surface area contributed by atoms with E-state index in [2.05, 4.69) is 17.2 Å². The number of hydrogen-bond donors (Lipinski definition) is 1. The number of carbonyl (C=O) groups excluding carboxylic acids is 1. The molecule has 1 N–H and O–H groups in total. The molecular formula is C18H24ClN3O2S. The van der Waals surface area contributed by atoms with E-state index in [-0.39, 0.29) is 23.3 Å². The van der Waals surface area contributed by atoms with Gasteiger partial charge >= 0.3 is 0 Å². The molecule has 2 aromatic rings. The molecule has 0 aliphatic heterocycles. The number of benzene rings is 1. The van der Waals surface area contributed by atoms with Crippen molar-refractivity contribution in [3.63, 3.8) is 0 Å². The van der Waals surface area contributed by atoms with E-state index in [1.54, 1.807) is 22.8 Å². The first-order valence-corrected chi connectivity index (χ1v) is 9.91. The Kier molecular flexibility index (Phi) is 7.32. The minimum atomic E-state index is -0.0791. The number of carbonyl (C=O) groups is 1. The van der Waals surface area contributed by atoms with Crippen molar-refractivity contribution in [1.29, 1.82) is 0 Å².